The maximum absolute atomic E-state index is 12.1. The summed E-state index contributed by atoms with van der Waals surface area (Å²) in [5, 5.41) is 5.84. The third-order valence-electron chi connectivity index (χ3n) is 4.44. The van der Waals surface area contributed by atoms with Gasteiger partial charge in [0.2, 0.25) is 5.91 Å². The van der Waals surface area contributed by atoms with E-state index in [1.165, 1.54) is 0 Å². The molecule has 1 heterocycles. The van der Waals surface area contributed by atoms with Gasteiger partial charge in [-0.15, -0.1) is 0 Å². The minimum atomic E-state index is -0.214. The number of aryl methyl sites for hydroxylation is 2. The third-order valence-corrected chi connectivity index (χ3v) is 4.44. The van der Waals surface area contributed by atoms with Crippen LogP contribution in [0.5, 0.6) is 5.75 Å². The molecule has 0 aromatic heterocycles. The molecule has 2 N–H and O–H groups in total. The van der Waals surface area contributed by atoms with E-state index in [0.29, 0.717) is 26.1 Å². The van der Waals surface area contributed by atoms with Gasteiger partial charge in [0.1, 0.15) is 12.4 Å². The summed E-state index contributed by atoms with van der Waals surface area (Å²) >= 11 is 0. The number of benzene rings is 1. The normalized spacial score (nSPS) is 17.9. The van der Waals surface area contributed by atoms with Crippen molar-refractivity contribution in [3.05, 3.63) is 29.3 Å². The summed E-state index contributed by atoms with van der Waals surface area (Å²) in [4.78, 5) is 25.6. The molecule has 1 aliphatic heterocycles. The number of hydrogen-bond donors (Lipinski definition) is 2. The molecule has 1 fully saturated rings. The van der Waals surface area contributed by atoms with E-state index in [1.54, 1.807) is 4.90 Å². The molecule has 6 nitrogen and oxygen atoms in total. The van der Waals surface area contributed by atoms with Crippen molar-refractivity contribution in [2.45, 2.75) is 52.6 Å². The second-order valence-electron chi connectivity index (χ2n) is 6.73. The Kier molecular flexibility index (Phi) is 6.67. The van der Waals surface area contributed by atoms with Crippen molar-refractivity contribution in [3.8, 4) is 5.75 Å². The van der Waals surface area contributed by atoms with Gasteiger partial charge in [-0.1, -0.05) is 25.1 Å². The van der Waals surface area contributed by atoms with E-state index >= 15 is 0 Å². The fourth-order valence-corrected chi connectivity index (χ4v) is 3.06. The molecule has 1 saturated heterocycles. The van der Waals surface area contributed by atoms with Crippen LogP contribution < -0.4 is 15.4 Å². The standard InChI is InChI=1S/C19H29N3O3/c1-5-17(23)22-10-9-16(11-22)21-19(24)20-15(4)12-25-18-13(2)7-6-8-14(18)3/h6-8,15-16H,5,9-12H2,1-4H3,(H2,20,21,24)/t15-,16-/m0/s1. The number of carbonyl (C=O) groups excluding carboxylic acids is 2. The van der Waals surface area contributed by atoms with E-state index in [-0.39, 0.29) is 24.0 Å². The van der Waals surface area contributed by atoms with Crippen LogP contribution in [0.2, 0.25) is 0 Å². The van der Waals surface area contributed by atoms with Crippen molar-refractivity contribution in [1.29, 1.82) is 0 Å². The largest absolute Gasteiger partial charge is 0.491 e. The minimum Gasteiger partial charge on any atom is -0.491 e. The summed E-state index contributed by atoms with van der Waals surface area (Å²) in [7, 11) is 0. The van der Waals surface area contributed by atoms with Crippen LogP contribution in [-0.4, -0.2) is 48.6 Å². The average molecular weight is 347 g/mol. The van der Waals surface area contributed by atoms with Gasteiger partial charge in [0.05, 0.1) is 6.04 Å². The lowest BCUT2D eigenvalue weighted by molar-refractivity contribution is -0.129. The molecule has 138 valence electrons. The highest BCUT2D eigenvalue weighted by Crippen LogP contribution is 2.22. The molecule has 3 amide bonds. The molecule has 6 heteroatoms. The highest BCUT2D eigenvalue weighted by Gasteiger charge is 2.26. The number of hydrogen-bond acceptors (Lipinski definition) is 3. The first-order valence-electron chi connectivity index (χ1n) is 8.94. The average Bonchev–Trinajstić information content (AvgIpc) is 3.01. The zero-order chi connectivity index (χ0) is 18.4. The summed E-state index contributed by atoms with van der Waals surface area (Å²) < 4.78 is 5.87. The van der Waals surface area contributed by atoms with Gasteiger partial charge in [0, 0.05) is 25.6 Å². The van der Waals surface area contributed by atoms with Gasteiger partial charge in [-0.05, 0) is 38.3 Å². The van der Waals surface area contributed by atoms with Gasteiger partial charge in [0.15, 0.2) is 0 Å². The summed E-state index contributed by atoms with van der Waals surface area (Å²) in [5.74, 6) is 1.01. The number of carbonyl (C=O) groups is 2. The van der Waals surface area contributed by atoms with Crippen LogP contribution in [0.3, 0.4) is 0 Å². The van der Waals surface area contributed by atoms with Gasteiger partial charge < -0.3 is 20.3 Å². The Morgan fingerprint density at radius 1 is 1.32 bits per heavy atom. The number of amides is 3. The minimum absolute atomic E-state index is 0.0160. The van der Waals surface area contributed by atoms with Crippen LogP contribution >= 0.6 is 0 Å². The summed E-state index contributed by atoms with van der Waals surface area (Å²) in [6, 6.07) is 5.71. The lowest BCUT2D eigenvalue weighted by atomic mass is 10.1. The fraction of sp³-hybridized carbons (Fsp3) is 0.579. The van der Waals surface area contributed by atoms with Crippen LogP contribution in [-0.2, 0) is 4.79 Å². The van der Waals surface area contributed by atoms with Crippen molar-refractivity contribution in [2.24, 2.45) is 0 Å². The molecular weight excluding hydrogens is 318 g/mol. The fourth-order valence-electron chi connectivity index (χ4n) is 3.06. The topological polar surface area (TPSA) is 70.7 Å². The number of nitrogens with one attached hydrogen (secondary N) is 2. The predicted molar refractivity (Wildman–Crippen MR) is 97.8 cm³/mol. The molecule has 2 rings (SSSR count). The second-order valence-corrected chi connectivity index (χ2v) is 6.73. The number of rotatable bonds is 6. The summed E-state index contributed by atoms with van der Waals surface area (Å²) in [5.41, 5.74) is 2.17. The molecule has 0 unspecified atom stereocenters. The summed E-state index contributed by atoms with van der Waals surface area (Å²) in [6.45, 7) is 9.50. The smallest absolute Gasteiger partial charge is 0.315 e. The van der Waals surface area contributed by atoms with Crippen molar-refractivity contribution < 1.29 is 14.3 Å². The monoisotopic (exact) mass is 347 g/mol. The molecule has 2 atom stereocenters. The third kappa shape index (κ3) is 5.37. The molecule has 0 bridgehead atoms. The highest BCUT2D eigenvalue weighted by molar-refractivity contribution is 5.77. The van der Waals surface area contributed by atoms with Crippen LogP contribution in [0.25, 0.3) is 0 Å². The Labute approximate surface area is 149 Å². The van der Waals surface area contributed by atoms with Crippen molar-refractivity contribution in [3.63, 3.8) is 0 Å². The number of nitrogens with zero attached hydrogens (tertiary/aromatic N) is 1. The number of para-hydroxylation sites is 1. The Balaban J connectivity index is 1.74. The predicted octanol–water partition coefficient (Wildman–Crippen LogP) is 2.38. The van der Waals surface area contributed by atoms with E-state index in [1.807, 2.05) is 45.9 Å². The van der Waals surface area contributed by atoms with Crippen molar-refractivity contribution in [2.75, 3.05) is 19.7 Å². The number of urea groups is 1. The Morgan fingerprint density at radius 3 is 2.64 bits per heavy atom. The lowest BCUT2D eigenvalue weighted by Gasteiger charge is -2.20. The van der Waals surface area contributed by atoms with Gasteiger partial charge in [-0.2, -0.15) is 0 Å². The zero-order valence-electron chi connectivity index (χ0n) is 15.6. The maximum atomic E-state index is 12.1. The first-order chi connectivity index (χ1) is 11.9. The van der Waals surface area contributed by atoms with Crippen LogP contribution in [0.15, 0.2) is 18.2 Å². The maximum Gasteiger partial charge on any atom is 0.315 e. The van der Waals surface area contributed by atoms with Gasteiger partial charge in [0.25, 0.3) is 0 Å². The molecule has 1 aliphatic rings. The Hall–Kier alpha value is -2.24. The highest BCUT2D eigenvalue weighted by atomic mass is 16.5. The van der Waals surface area contributed by atoms with Crippen molar-refractivity contribution >= 4 is 11.9 Å². The molecule has 0 aliphatic carbocycles. The van der Waals surface area contributed by atoms with E-state index in [4.69, 9.17) is 4.74 Å². The van der Waals surface area contributed by atoms with Crippen LogP contribution in [0, 0.1) is 13.8 Å². The molecule has 1 aromatic rings. The van der Waals surface area contributed by atoms with E-state index in [9.17, 15) is 9.59 Å². The van der Waals surface area contributed by atoms with E-state index < -0.39 is 0 Å². The van der Waals surface area contributed by atoms with Crippen LogP contribution in [0.4, 0.5) is 4.79 Å². The lowest BCUT2D eigenvalue weighted by Crippen LogP contribution is -2.48. The molecule has 0 spiro atoms. The Bertz CT molecular complexity index is 598. The van der Waals surface area contributed by atoms with Crippen molar-refractivity contribution in [1.82, 2.24) is 15.5 Å². The molecular formula is C19H29N3O3. The van der Waals surface area contributed by atoms with Crippen LogP contribution in [0.1, 0.15) is 37.8 Å². The number of likely N-dealkylation sites (tertiary alicyclic amines) is 1. The molecule has 1 aromatic carbocycles. The van der Waals surface area contributed by atoms with E-state index in [2.05, 4.69) is 10.6 Å². The Morgan fingerprint density at radius 2 is 2.00 bits per heavy atom. The molecule has 0 saturated carbocycles. The van der Waals surface area contributed by atoms with Gasteiger partial charge >= 0.3 is 6.03 Å². The second kappa shape index (κ2) is 8.74. The molecule has 25 heavy (non-hydrogen) atoms. The first kappa shape index (κ1) is 19.1. The SMILES string of the molecule is CCC(=O)N1CC[C@H](NC(=O)N[C@@H](C)COc2c(C)cccc2C)C1. The first-order valence-corrected chi connectivity index (χ1v) is 8.94. The van der Waals surface area contributed by atoms with Gasteiger partial charge in [-0.25, -0.2) is 4.79 Å². The number of ether oxygens (including phenoxy) is 1. The molecule has 0 radical (unpaired) electrons. The zero-order valence-corrected chi connectivity index (χ0v) is 15.6. The van der Waals surface area contributed by atoms with Gasteiger partial charge in [-0.3, -0.25) is 4.79 Å². The quantitative estimate of drug-likeness (QED) is 0.830. The van der Waals surface area contributed by atoms with E-state index in [0.717, 1.165) is 23.3 Å². The summed E-state index contributed by atoms with van der Waals surface area (Å²) in [6.07, 6.45) is 1.30.